The molecule has 2 aromatic rings. The Balaban J connectivity index is 1.51. The molecule has 176 valence electrons. The molecule has 1 aliphatic heterocycles. The van der Waals surface area contributed by atoms with Crippen molar-refractivity contribution in [1.29, 1.82) is 0 Å². The molecule has 0 unspecified atom stereocenters. The summed E-state index contributed by atoms with van der Waals surface area (Å²) in [5.41, 5.74) is 4.13. The minimum atomic E-state index is -0.189. The molecule has 2 aromatic carbocycles. The number of amides is 3. The second-order valence-electron chi connectivity index (χ2n) is 8.50. The Morgan fingerprint density at radius 2 is 1.70 bits per heavy atom. The van der Waals surface area contributed by atoms with E-state index in [2.05, 4.69) is 20.9 Å². The highest BCUT2D eigenvalue weighted by molar-refractivity contribution is 5.96. The summed E-state index contributed by atoms with van der Waals surface area (Å²) in [5, 5.41) is 8.62. The van der Waals surface area contributed by atoms with E-state index in [4.69, 9.17) is 4.74 Å². The van der Waals surface area contributed by atoms with Crippen molar-refractivity contribution in [2.75, 3.05) is 42.7 Å². The maximum Gasteiger partial charge on any atom is 0.238 e. The molecule has 0 radical (unpaired) electrons. The van der Waals surface area contributed by atoms with Gasteiger partial charge < -0.3 is 20.7 Å². The summed E-state index contributed by atoms with van der Waals surface area (Å²) in [6.45, 7) is 7.07. The quantitative estimate of drug-likeness (QED) is 0.597. The van der Waals surface area contributed by atoms with Crippen LogP contribution in [-0.4, -0.2) is 49.4 Å². The van der Waals surface area contributed by atoms with Crippen LogP contribution in [0, 0.1) is 19.8 Å². The molecular formula is C25H32N4O4. The first-order valence-corrected chi connectivity index (χ1v) is 11.1. The molecule has 8 heteroatoms. The molecule has 0 spiro atoms. The minimum Gasteiger partial charge on any atom is -0.495 e. The maximum absolute atomic E-state index is 12.9. The van der Waals surface area contributed by atoms with E-state index in [9.17, 15) is 14.4 Å². The van der Waals surface area contributed by atoms with Gasteiger partial charge in [0.1, 0.15) is 5.75 Å². The van der Waals surface area contributed by atoms with Crippen molar-refractivity contribution in [3.8, 4) is 5.75 Å². The van der Waals surface area contributed by atoms with Gasteiger partial charge in [0.15, 0.2) is 0 Å². The van der Waals surface area contributed by atoms with Crippen LogP contribution in [0.25, 0.3) is 0 Å². The van der Waals surface area contributed by atoms with Crippen LogP contribution in [0.4, 0.5) is 17.1 Å². The summed E-state index contributed by atoms with van der Waals surface area (Å²) in [4.78, 5) is 38.7. The molecule has 1 fully saturated rings. The predicted octanol–water partition coefficient (Wildman–Crippen LogP) is 3.56. The lowest BCUT2D eigenvalue weighted by atomic mass is 9.95. The number of carbonyl (C=O) groups excluding carboxylic acids is 3. The van der Waals surface area contributed by atoms with Gasteiger partial charge in [-0.15, -0.1) is 0 Å². The summed E-state index contributed by atoms with van der Waals surface area (Å²) in [7, 11) is 1.53. The number of hydrogen-bond acceptors (Lipinski definition) is 5. The maximum atomic E-state index is 12.9. The van der Waals surface area contributed by atoms with Gasteiger partial charge in [-0.3, -0.25) is 19.3 Å². The van der Waals surface area contributed by atoms with E-state index in [0.717, 1.165) is 16.8 Å². The fourth-order valence-corrected chi connectivity index (χ4v) is 4.02. The first-order chi connectivity index (χ1) is 15.7. The van der Waals surface area contributed by atoms with Crippen molar-refractivity contribution in [3.63, 3.8) is 0 Å². The Kier molecular flexibility index (Phi) is 8.06. The zero-order valence-electron chi connectivity index (χ0n) is 19.7. The molecule has 33 heavy (non-hydrogen) atoms. The number of carbonyl (C=O) groups is 3. The van der Waals surface area contributed by atoms with E-state index < -0.39 is 0 Å². The second kappa shape index (κ2) is 11.0. The summed E-state index contributed by atoms with van der Waals surface area (Å²) in [5.74, 6) is 0.0409. The van der Waals surface area contributed by atoms with Crippen LogP contribution in [0.5, 0.6) is 5.75 Å². The van der Waals surface area contributed by atoms with E-state index in [1.54, 1.807) is 18.2 Å². The summed E-state index contributed by atoms with van der Waals surface area (Å²) in [6, 6.07) is 11.1. The highest BCUT2D eigenvalue weighted by Crippen LogP contribution is 2.29. The van der Waals surface area contributed by atoms with Crippen LogP contribution in [0.3, 0.4) is 0 Å². The Morgan fingerprint density at radius 1 is 0.970 bits per heavy atom. The molecule has 8 nitrogen and oxygen atoms in total. The normalized spacial score (nSPS) is 14.4. The Labute approximate surface area is 194 Å². The van der Waals surface area contributed by atoms with E-state index in [0.29, 0.717) is 49.6 Å². The first kappa shape index (κ1) is 24.3. The van der Waals surface area contributed by atoms with Gasteiger partial charge in [-0.1, -0.05) is 17.7 Å². The van der Waals surface area contributed by atoms with Crippen molar-refractivity contribution in [2.24, 2.45) is 5.92 Å². The number of ether oxygens (including phenoxy) is 1. The number of aryl methyl sites for hydroxylation is 2. The molecular weight excluding hydrogens is 420 g/mol. The molecule has 3 N–H and O–H groups in total. The zero-order valence-corrected chi connectivity index (χ0v) is 19.7. The van der Waals surface area contributed by atoms with Gasteiger partial charge in [-0.2, -0.15) is 0 Å². The average Bonchev–Trinajstić information content (AvgIpc) is 2.76. The molecule has 3 rings (SSSR count). The lowest BCUT2D eigenvalue weighted by molar-refractivity contribution is -0.121. The number of nitrogens with one attached hydrogen (secondary N) is 3. The minimum absolute atomic E-state index is 0.0515. The Hall–Kier alpha value is -3.39. The smallest absolute Gasteiger partial charge is 0.238 e. The van der Waals surface area contributed by atoms with E-state index in [1.165, 1.54) is 14.0 Å². The lowest BCUT2D eigenvalue weighted by Gasteiger charge is -2.31. The highest BCUT2D eigenvalue weighted by atomic mass is 16.5. The molecule has 0 aromatic heterocycles. The molecule has 0 bridgehead atoms. The van der Waals surface area contributed by atoms with Gasteiger partial charge in [0.2, 0.25) is 17.7 Å². The first-order valence-electron chi connectivity index (χ1n) is 11.1. The van der Waals surface area contributed by atoms with Crippen molar-refractivity contribution < 1.29 is 19.1 Å². The fourth-order valence-electron chi connectivity index (χ4n) is 4.02. The van der Waals surface area contributed by atoms with Crippen LogP contribution in [0.15, 0.2) is 36.4 Å². The molecule has 1 saturated heterocycles. The summed E-state index contributed by atoms with van der Waals surface area (Å²) >= 11 is 0. The van der Waals surface area contributed by atoms with E-state index in [-0.39, 0.29) is 23.6 Å². The van der Waals surface area contributed by atoms with E-state index >= 15 is 0 Å². The Bertz CT molecular complexity index is 1030. The number of benzene rings is 2. The standard InChI is InChI=1S/C25H32N4O4/c1-16-5-7-21(17(2)13-16)27-24(31)15-29-11-9-19(10-12-29)25(32)28-22-14-20(26-18(3)30)6-8-23(22)33-4/h5-8,13-14,19H,9-12,15H2,1-4H3,(H,26,30)(H,27,31)(H,28,32). The summed E-state index contributed by atoms with van der Waals surface area (Å²) in [6.07, 6.45) is 1.33. The second-order valence-corrected chi connectivity index (χ2v) is 8.50. The van der Waals surface area contributed by atoms with Crippen LogP contribution < -0.4 is 20.7 Å². The van der Waals surface area contributed by atoms with Gasteiger partial charge in [-0.05, 0) is 69.6 Å². The molecule has 1 heterocycles. The molecule has 3 amide bonds. The number of likely N-dealkylation sites (tertiary alicyclic amines) is 1. The van der Waals surface area contributed by atoms with Crippen molar-refractivity contribution in [1.82, 2.24) is 4.90 Å². The Morgan fingerprint density at radius 3 is 2.33 bits per heavy atom. The largest absolute Gasteiger partial charge is 0.495 e. The molecule has 0 atom stereocenters. The number of nitrogens with zero attached hydrogens (tertiary/aromatic N) is 1. The van der Waals surface area contributed by atoms with Crippen molar-refractivity contribution in [2.45, 2.75) is 33.6 Å². The number of rotatable bonds is 7. The topological polar surface area (TPSA) is 99.8 Å². The van der Waals surface area contributed by atoms with Gasteiger partial charge in [0.05, 0.1) is 19.3 Å². The molecule has 0 aliphatic carbocycles. The van der Waals surface area contributed by atoms with Gasteiger partial charge in [-0.25, -0.2) is 0 Å². The van der Waals surface area contributed by atoms with Gasteiger partial charge in [0.25, 0.3) is 0 Å². The number of methoxy groups -OCH3 is 1. The summed E-state index contributed by atoms with van der Waals surface area (Å²) < 4.78 is 5.34. The van der Waals surface area contributed by atoms with Crippen molar-refractivity contribution in [3.05, 3.63) is 47.5 Å². The third-order valence-corrected chi connectivity index (χ3v) is 5.76. The average molecular weight is 453 g/mol. The highest BCUT2D eigenvalue weighted by Gasteiger charge is 2.26. The van der Waals surface area contributed by atoms with Crippen LogP contribution in [-0.2, 0) is 14.4 Å². The SMILES string of the molecule is COc1ccc(NC(C)=O)cc1NC(=O)C1CCN(CC(=O)Nc2ccc(C)cc2C)CC1. The third-order valence-electron chi connectivity index (χ3n) is 5.76. The fraction of sp³-hybridized carbons (Fsp3) is 0.400. The number of piperidine rings is 1. The van der Waals surface area contributed by atoms with Gasteiger partial charge in [0, 0.05) is 24.2 Å². The lowest BCUT2D eigenvalue weighted by Crippen LogP contribution is -2.41. The van der Waals surface area contributed by atoms with Crippen molar-refractivity contribution >= 4 is 34.8 Å². The molecule has 0 saturated carbocycles. The monoisotopic (exact) mass is 452 g/mol. The molecule has 1 aliphatic rings. The van der Waals surface area contributed by atoms with Crippen LogP contribution in [0.2, 0.25) is 0 Å². The third kappa shape index (κ3) is 6.79. The van der Waals surface area contributed by atoms with Crippen LogP contribution in [0.1, 0.15) is 30.9 Å². The predicted molar refractivity (Wildman–Crippen MR) is 130 cm³/mol. The van der Waals surface area contributed by atoms with Gasteiger partial charge >= 0.3 is 0 Å². The number of hydrogen-bond donors (Lipinski definition) is 3. The van der Waals surface area contributed by atoms with Crippen LogP contribution >= 0.6 is 0 Å². The number of anilines is 3. The zero-order chi connectivity index (χ0) is 24.0. The van der Waals surface area contributed by atoms with E-state index in [1.807, 2.05) is 32.0 Å².